The van der Waals surface area contributed by atoms with E-state index in [4.69, 9.17) is 45.2 Å². The zero-order valence-electron chi connectivity index (χ0n) is 83.1. The number of aromatic amines is 1. The van der Waals surface area contributed by atoms with E-state index in [1.807, 2.05) is 0 Å². The van der Waals surface area contributed by atoms with Crippen molar-refractivity contribution in [3.05, 3.63) is 144 Å². The highest BCUT2D eigenvalue weighted by atomic mass is 33.1. The first-order valence-corrected chi connectivity index (χ1v) is 52.7. The summed E-state index contributed by atoms with van der Waals surface area (Å²) in [5, 5.41) is 112. The molecule has 2 aliphatic rings. The van der Waals surface area contributed by atoms with Gasteiger partial charge in [0.25, 0.3) is 0 Å². The average molecular weight is 2150 g/mol. The van der Waals surface area contributed by atoms with E-state index in [0.29, 0.717) is 54.7 Å². The van der Waals surface area contributed by atoms with Crippen molar-refractivity contribution in [1.82, 2.24) is 100 Å². The van der Waals surface area contributed by atoms with Crippen molar-refractivity contribution < 1.29 is 117 Å². The Labute approximate surface area is 876 Å². The van der Waals surface area contributed by atoms with Crippen molar-refractivity contribution in [2.75, 3.05) is 69.5 Å². The number of carbonyl (C=O) groups excluding carboxylic acids is 17. The Morgan fingerprint density at radius 3 is 1.45 bits per heavy atom. The quantitative estimate of drug-likeness (QED) is 0.00746. The smallest absolute Gasteiger partial charge is 0.326 e. The Hall–Kier alpha value is -14.3. The summed E-state index contributed by atoms with van der Waals surface area (Å²) in [6.45, 7) is -1.57. The molecule has 0 saturated carbocycles. The standard InChI is InChI=1S/C96H139N27O24S3/c1-52(126)77-92(144)117-67(43-55-25-10-5-11-26-55)84(136)118-70(48-124)87(139)119-71(49-125)88(140)120-72(90(142)112-64(94(146)147)30-15-17-36-98)50-149-150-51-73(121-91(143)74-33-20-39-123(74)93(145)63(34-40-148-2)111-79(131)61(31-18-37-105-95(101)102)108-78(130)58(99)45-76(128)129)89(141)110-62(32-19-38-106-96(103)104)80(132)116-69(46-75(100)127)86(138)114-65(41-53-21-6-3-7-22-53)82(134)113-66(42-54-23-8-4-9-24-54)83(135)115-68(44-56-47-107-59-28-13-12-27-57(56)59)85(137)109-60(81(133)122-77)29-14-16-35-97/h3-13,21-28,47,52,58,60-74,77,107,124-126H,14-20,29-46,48-51,97-99H2,1-2H3,(H2,100,127)(H,108,130)(H,109,137)(H,110,141)(H,111,131)(H,112,142)(H,113,134)(H,114,138)(H,115,135)(H,116,132)(H,117,144)(H,118,136)(H,119,139)(H,120,140)(H,121,143)(H,122,133)(H,128,129)(H,146,147)(H4,101,102,105)(H4,103,104,106)/t52-,58+,60+,61+,62-,63+,64+,65+,66+,67-,68-,69+,70-,71+,72+,73-,74+,77+/m1/s1. The van der Waals surface area contributed by atoms with E-state index in [1.165, 1.54) is 11.8 Å². The Bertz CT molecular complexity index is 5420. The molecule has 0 unspecified atom stereocenters. The lowest BCUT2D eigenvalue weighted by Crippen LogP contribution is -2.63. The number of amides is 17. The van der Waals surface area contributed by atoms with Gasteiger partial charge in [-0.25, -0.2) is 4.79 Å². The summed E-state index contributed by atoms with van der Waals surface area (Å²) in [5.74, 6) is -24.5. The number of rotatable bonds is 44. The van der Waals surface area contributed by atoms with Gasteiger partial charge in [-0.15, -0.1) is 0 Å². The summed E-state index contributed by atoms with van der Waals surface area (Å²) in [6.07, 6.45) is -2.29. The second kappa shape index (κ2) is 64.2. The second-order valence-corrected chi connectivity index (χ2v) is 39.4. The largest absolute Gasteiger partial charge is 0.481 e. The zero-order valence-corrected chi connectivity index (χ0v) is 85.5. The van der Waals surface area contributed by atoms with E-state index in [1.54, 1.807) is 128 Å². The average Bonchev–Trinajstić information content (AvgIpc) is 1.66. The molecule has 0 radical (unpaired) electrons. The first kappa shape index (κ1) is 123. The number of nitrogens with two attached hydrogens (primary N) is 6. The van der Waals surface area contributed by atoms with E-state index in [-0.39, 0.29) is 135 Å². The highest BCUT2D eigenvalue weighted by Gasteiger charge is 2.44. The van der Waals surface area contributed by atoms with Crippen molar-refractivity contribution >= 4 is 169 Å². The van der Waals surface area contributed by atoms with Gasteiger partial charge in [-0.05, 0) is 144 Å². The number of aliphatic hydroxyl groups excluding tert-OH is 3. The van der Waals surface area contributed by atoms with E-state index < -0.39 is 283 Å². The zero-order chi connectivity index (χ0) is 110. The first-order chi connectivity index (χ1) is 71.6. The Morgan fingerprint density at radius 1 is 0.487 bits per heavy atom. The Balaban J connectivity index is 1.38. The number of carbonyl (C=O) groups is 19. The molecule has 18 atom stereocenters. The number of guanidine groups is 2. The Kier molecular flexibility index (Phi) is 52.5. The number of likely N-dealkylation sites (tertiary alicyclic amines) is 1. The van der Waals surface area contributed by atoms with Crippen LogP contribution >= 0.6 is 33.3 Å². The highest BCUT2D eigenvalue weighted by molar-refractivity contribution is 8.76. The molecule has 1 aromatic heterocycles. The summed E-state index contributed by atoms with van der Waals surface area (Å²) in [6, 6.07) is 0.895. The number of hydrogen-bond acceptors (Lipinski definition) is 30. The van der Waals surface area contributed by atoms with Gasteiger partial charge in [-0.3, -0.25) is 97.1 Å². The molecule has 2 fully saturated rings. The predicted molar refractivity (Wildman–Crippen MR) is 556 cm³/mol. The number of nitrogens with one attached hydrogen (secondary N) is 20. The number of hydrogen-bond donors (Lipinski definition) is 31. The number of nitrogens with zero attached hydrogens (tertiary/aromatic N) is 1. The Morgan fingerprint density at radius 2 is 0.933 bits per heavy atom. The van der Waals surface area contributed by atoms with E-state index in [9.17, 15) is 73.5 Å². The molecular formula is C96H139N27O24S3. The molecule has 51 nitrogen and oxygen atoms in total. The third-order valence-electron chi connectivity index (χ3n) is 24.2. The van der Waals surface area contributed by atoms with Crippen LogP contribution in [0.15, 0.2) is 121 Å². The fourth-order valence-corrected chi connectivity index (χ4v) is 19.0. The van der Waals surface area contributed by atoms with Gasteiger partial charge < -0.3 is 160 Å². The SMILES string of the molecule is CSCC[C@H](NC(=O)[C@H](CCCNC(=N)N)NC(=O)[C@@H](N)CC(=O)O)C(=O)N1CCC[C@H]1C(=O)N[C@@H]1CSSC[C@@H](C(=O)N[C@@H](CCCCN)C(=O)O)NC(=O)[C@H](CO)NC(=O)[C@@H](CO)NC(=O)[C@@H](Cc2ccccc2)NC(=O)[C@H]([C@@H](C)O)NC(=O)[C@H](CCCCN)NC(=O)[C@@H](Cc2c[nH]c3ccccc23)NC(=O)[C@H](Cc2ccccc2)NC(=O)[C@H](Cc2ccccc2)NC(=O)[C@H](CC(N)=O)NC(=O)[C@@H](CCCNC(=N)N)NC1=O. The molecule has 0 aliphatic carbocycles. The minimum Gasteiger partial charge on any atom is -0.481 e. The number of aromatic nitrogens is 1. The maximum atomic E-state index is 15.6. The molecule has 0 bridgehead atoms. The van der Waals surface area contributed by atoms with Gasteiger partial charge in [-0.1, -0.05) is 131 Å². The van der Waals surface area contributed by atoms with Crippen LogP contribution in [0, 0.1) is 10.8 Å². The monoisotopic (exact) mass is 2150 g/mol. The number of thioether (sulfide) groups is 1. The van der Waals surface area contributed by atoms with Gasteiger partial charge in [0.05, 0.1) is 38.2 Å². The third-order valence-corrected chi connectivity index (χ3v) is 27.3. The van der Waals surface area contributed by atoms with Crippen molar-refractivity contribution in [2.45, 2.75) is 238 Å². The number of fused-ring (bicyclic) bond motifs is 1. The summed E-state index contributed by atoms with van der Waals surface area (Å²) >= 11 is 1.26. The van der Waals surface area contributed by atoms with Crippen LogP contribution in [0.5, 0.6) is 0 Å². The molecule has 2 saturated heterocycles. The second-order valence-electron chi connectivity index (χ2n) is 35.9. The summed E-state index contributed by atoms with van der Waals surface area (Å²) in [4.78, 5) is 282. The molecule has 54 heteroatoms. The van der Waals surface area contributed by atoms with E-state index >= 15 is 43.2 Å². The fourth-order valence-electron chi connectivity index (χ4n) is 16.2. The molecule has 0 spiro atoms. The van der Waals surface area contributed by atoms with Crippen LogP contribution in [0.1, 0.15) is 125 Å². The molecule has 820 valence electrons. The van der Waals surface area contributed by atoms with E-state index in [2.05, 4.69) is 95.4 Å². The van der Waals surface area contributed by atoms with Gasteiger partial charge in [0.2, 0.25) is 100 Å². The molecule has 4 aromatic carbocycles. The minimum absolute atomic E-state index is 0.00960. The van der Waals surface area contributed by atoms with Crippen LogP contribution in [-0.2, 0) is 117 Å². The summed E-state index contributed by atoms with van der Waals surface area (Å²) < 4.78 is 0. The summed E-state index contributed by atoms with van der Waals surface area (Å²) in [5.41, 5.74) is 36.8. The molecule has 3 heterocycles. The number of carboxylic acid groups (broad SMARTS) is 2. The van der Waals surface area contributed by atoms with Crippen molar-refractivity contribution in [2.24, 2.45) is 34.4 Å². The number of unbranched alkanes of at least 4 members (excludes halogenated alkanes) is 2. The molecule has 37 N–H and O–H groups in total. The lowest BCUT2D eigenvalue weighted by atomic mass is 10.00. The van der Waals surface area contributed by atoms with Crippen molar-refractivity contribution in [1.29, 1.82) is 10.8 Å². The number of para-hydroxylation sites is 1. The van der Waals surface area contributed by atoms with Crippen molar-refractivity contribution in [3.8, 4) is 0 Å². The number of H-pyrrole nitrogens is 1. The van der Waals surface area contributed by atoms with Crippen LogP contribution in [0.2, 0.25) is 0 Å². The maximum absolute atomic E-state index is 15.6. The van der Waals surface area contributed by atoms with E-state index in [0.717, 1.165) is 11.8 Å². The molecule has 7 rings (SSSR count). The molecule has 150 heavy (non-hydrogen) atoms. The van der Waals surface area contributed by atoms with Crippen LogP contribution in [-0.4, -0.2) is 338 Å². The molecular weight excluding hydrogens is 2010 g/mol. The predicted octanol–water partition coefficient (Wildman–Crippen LogP) is -7.24. The lowest BCUT2D eigenvalue weighted by Gasteiger charge is -2.31. The van der Waals surface area contributed by atoms with Crippen LogP contribution in [0.4, 0.5) is 0 Å². The first-order valence-electron chi connectivity index (χ1n) is 48.9. The number of aliphatic hydroxyl groups is 3. The number of benzene rings is 4. The van der Waals surface area contributed by atoms with Gasteiger partial charge in [0.15, 0.2) is 11.9 Å². The number of carboxylic acids is 2. The van der Waals surface area contributed by atoms with Crippen LogP contribution < -0.4 is 125 Å². The fraction of sp³-hybridized carbons (Fsp3) is 0.510. The number of aliphatic carboxylic acids is 2. The van der Waals surface area contributed by atoms with Gasteiger partial charge >= 0.3 is 11.9 Å². The topological polar surface area (TPSA) is 853 Å². The van der Waals surface area contributed by atoms with Gasteiger partial charge in [-0.2, -0.15) is 11.8 Å². The number of primary amides is 1. The maximum Gasteiger partial charge on any atom is 0.326 e. The minimum atomic E-state index is -2.11. The normalized spacial score (nSPS) is 22.2. The summed E-state index contributed by atoms with van der Waals surface area (Å²) in [7, 11) is 1.35. The third kappa shape index (κ3) is 41.3. The van der Waals surface area contributed by atoms with Crippen molar-refractivity contribution in [3.63, 3.8) is 0 Å². The molecule has 5 aromatic rings. The van der Waals surface area contributed by atoms with Crippen LogP contribution in [0.25, 0.3) is 10.9 Å². The molecule has 2 aliphatic heterocycles. The van der Waals surface area contributed by atoms with Crippen LogP contribution in [0.3, 0.4) is 0 Å². The molecule has 17 amide bonds. The lowest BCUT2D eigenvalue weighted by molar-refractivity contribution is -0.142. The van der Waals surface area contributed by atoms with Gasteiger partial charge in [0, 0.05) is 73.9 Å². The highest BCUT2D eigenvalue weighted by Crippen LogP contribution is 2.27. The van der Waals surface area contributed by atoms with Gasteiger partial charge in [0.1, 0.15) is 96.7 Å².